The minimum Gasteiger partial charge on any atom is -0.366 e. The number of para-hydroxylation sites is 1. The molecule has 0 bridgehead atoms. The lowest BCUT2D eigenvalue weighted by molar-refractivity contribution is -0.131. The van der Waals surface area contributed by atoms with E-state index in [9.17, 15) is 9.59 Å². The van der Waals surface area contributed by atoms with Crippen LogP contribution in [0.5, 0.6) is 0 Å². The summed E-state index contributed by atoms with van der Waals surface area (Å²) < 4.78 is 2.04. The summed E-state index contributed by atoms with van der Waals surface area (Å²) >= 11 is 0. The third-order valence-corrected chi connectivity index (χ3v) is 4.95. The second-order valence-electron chi connectivity index (χ2n) is 6.63. The molecular weight excluding hydrogens is 314 g/mol. The summed E-state index contributed by atoms with van der Waals surface area (Å²) in [7, 11) is 0. The van der Waals surface area contributed by atoms with Crippen molar-refractivity contribution in [1.29, 1.82) is 0 Å². The molecule has 5 heteroatoms. The summed E-state index contributed by atoms with van der Waals surface area (Å²) in [6.07, 6.45) is 7.70. The number of nitrogens with zero attached hydrogens (tertiary/aromatic N) is 2. The predicted molar refractivity (Wildman–Crippen MR) is 100.0 cm³/mol. The Labute approximate surface area is 148 Å². The van der Waals surface area contributed by atoms with Crippen molar-refractivity contribution in [3.05, 3.63) is 41.6 Å². The first-order valence-electron chi connectivity index (χ1n) is 8.91. The van der Waals surface area contributed by atoms with Crippen LogP contribution in [0.3, 0.4) is 0 Å². The number of primary amides is 1. The molecule has 1 aromatic heterocycles. The van der Waals surface area contributed by atoms with Gasteiger partial charge in [0.1, 0.15) is 6.54 Å². The summed E-state index contributed by atoms with van der Waals surface area (Å²) in [5, 5.41) is 1.03. The van der Waals surface area contributed by atoms with Crippen molar-refractivity contribution >= 4 is 28.8 Å². The van der Waals surface area contributed by atoms with E-state index < -0.39 is 5.91 Å². The van der Waals surface area contributed by atoms with Gasteiger partial charge in [0.05, 0.1) is 0 Å². The summed E-state index contributed by atoms with van der Waals surface area (Å²) in [5.41, 5.74) is 8.16. The van der Waals surface area contributed by atoms with Crippen molar-refractivity contribution < 1.29 is 9.59 Å². The number of fused-ring (bicyclic) bond motifs is 1. The third-order valence-electron chi connectivity index (χ3n) is 4.95. The Morgan fingerprint density at radius 1 is 1.12 bits per heavy atom. The van der Waals surface area contributed by atoms with Crippen LogP contribution in [0, 0.1) is 6.92 Å². The number of nitrogens with two attached hydrogens (primary N) is 1. The summed E-state index contributed by atoms with van der Waals surface area (Å²) in [6.45, 7) is 4.02. The summed E-state index contributed by atoms with van der Waals surface area (Å²) in [5.74, 6) is -0.312. The van der Waals surface area contributed by atoms with Crippen LogP contribution >= 0.6 is 0 Å². The van der Waals surface area contributed by atoms with Crippen LogP contribution in [-0.2, 0) is 16.1 Å². The highest BCUT2D eigenvalue weighted by molar-refractivity contribution is 5.97. The van der Waals surface area contributed by atoms with E-state index in [-0.39, 0.29) is 5.91 Å². The van der Waals surface area contributed by atoms with Gasteiger partial charge < -0.3 is 15.2 Å². The van der Waals surface area contributed by atoms with Crippen molar-refractivity contribution in [2.45, 2.75) is 39.2 Å². The molecule has 0 spiro atoms. The van der Waals surface area contributed by atoms with Gasteiger partial charge in [0, 0.05) is 41.3 Å². The van der Waals surface area contributed by atoms with Crippen LogP contribution in [0.1, 0.15) is 36.9 Å². The molecule has 3 rings (SSSR count). The predicted octanol–water partition coefficient (Wildman–Crippen LogP) is 2.85. The smallest absolute Gasteiger partial charge is 0.242 e. The zero-order valence-electron chi connectivity index (χ0n) is 14.7. The van der Waals surface area contributed by atoms with Crippen LogP contribution in [0.15, 0.2) is 30.3 Å². The molecule has 5 nitrogen and oxygen atoms in total. The Kier molecular flexibility index (Phi) is 5.22. The fraction of sp³-hybridized carbons (Fsp3) is 0.400. The molecule has 132 valence electrons. The number of benzene rings is 1. The maximum absolute atomic E-state index is 12.8. The van der Waals surface area contributed by atoms with Gasteiger partial charge in [-0.15, -0.1) is 0 Å². The number of likely N-dealkylation sites (tertiary alicyclic amines) is 1. The molecule has 1 aliphatic heterocycles. The molecule has 2 heterocycles. The Morgan fingerprint density at radius 2 is 1.80 bits per heavy atom. The van der Waals surface area contributed by atoms with Crippen molar-refractivity contribution in [2.24, 2.45) is 5.73 Å². The van der Waals surface area contributed by atoms with Gasteiger partial charge in [0.2, 0.25) is 11.8 Å². The first kappa shape index (κ1) is 17.3. The topological polar surface area (TPSA) is 68.3 Å². The van der Waals surface area contributed by atoms with E-state index in [1.807, 2.05) is 40.7 Å². The molecule has 2 N–H and O–H groups in total. The quantitative estimate of drug-likeness (QED) is 0.870. The monoisotopic (exact) mass is 339 g/mol. The lowest BCUT2D eigenvalue weighted by Gasteiger charge is -2.21. The van der Waals surface area contributed by atoms with Gasteiger partial charge in [-0.3, -0.25) is 9.59 Å². The average Bonchev–Trinajstić information content (AvgIpc) is 2.78. The molecule has 2 aromatic rings. The van der Waals surface area contributed by atoms with Crippen molar-refractivity contribution in [1.82, 2.24) is 9.47 Å². The van der Waals surface area contributed by atoms with Crippen LogP contribution in [-0.4, -0.2) is 34.4 Å². The highest BCUT2D eigenvalue weighted by Crippen LogP contribution is 2.27. The number of hydrogen-bond donors (Lipinski definition) is 1. The van der Waals surface area contributed by atoms with Crippen LogP contribution < -0.4 is 5.73 Å². The van der Waals surface area contributed by atoms with E-state index in [2.05, 4.69) is 0 Å². The third kappa shape index (κ3) is 3.76. The second kappa shape index (κ2) is 7.55. The maximum atomic E-state index is 12.8. The van der Waals surface area contributed by atoms with E-state index in [4.69, 9.17) is 5.73 Å². The van der Waals surface area contributed by atoms with E-state index in [1.54, 1.807) is 6.08 Å². The molecule has 1 aliphatic rings. The van der Waals surface area contributed by atoms with Gasteiger partial charge >= 0.3 is 0 Å². The van der Waals surface area contributed by atoms with Crippen LogP contribution in [0.4, 0.5) is 0 Å². The molecule has 1 aromatic carbocycles. The fourth-order valence-electron chi connectivity index (χ4n) is 3.59. The second-order valence-corrected chi connectivity index (χ2v) is 6.63. The Balaban J connectivity index is 1.94. The average molecular weight is 339 g/mol. The van der Waals surface area contributed by atoms with Gasteiger partial charge in [0.25, 0.3) is 0 Å². The molecule has 0 saturated carbocycles. The minimum atomic E-state index is -0.475. The Bertz CT molecular complexity index is 812. The molecule has 0 radical (unpaired) electrons. The van der Waals surface area contributed by atoms with Crippen molar-refractivity contribution in [3.8, 4) is 0 Å². The molecule has 1 fully saturated rings. The number of carbonyl (C=O) groups is 2. The lowest BCUT2D eigenvalue weighted by Crippen LogP contribution is -2.34. The van der Waals surface area contributed by atoms with Gasteiger partial charge in [-0.25, -0.2) is 0 Å². The number of hydrogen-bond acceptors (Lipinski definition) is 2. The minimum absolute atomic E-state index is 0.163. The van der Waals surface area contributed by atoms with E-state index in [0.717, 1.165) is 48.1 Å². The fourth-order valence-corrected chi connectivity index (χ4v) is 3.59. The van der Waals surface area contributed by atoms with E-state index >= 15 is 0 Å². The maximum Gasteiger partial charge on any atom is 0.242 e. The standard InChI is InChI=1S/C20H25N3O2/c1-15-16(10-11-19(21)24)17-8-4-5-9-18(17)23(15)14-20(25)22-12-6-2-3-7-13-22/h4-5,8-11H,2-3,6-7,12-14H2,1H3,(H2,21,24)/b11-10+. The molecular formula is C20H25N3O2. The number of aromatic nitrogens is 1. The SMILES string of the molecule is Cc1c(/C=C/C(N)=O)c2ccccc2n1CC(=O)N1CCCCCC1. The number of carbonyl (C=O) groups excluding carboxylic acids is 2. The highest BCUT2D eigenvalue weighted by Gasteiger charge is 2.19. The first-order chi connectivity index (χ1) is 12.1. The van der Waals surface area contributed by atoms with Crippen LogP contribution in [0.25, 0.3) is 17.0 Å². The van der Waals surface area contributed by atoms with Gasteiger partial charge in [-0.1, -0.05) is 31.0 Å². The molecule has 0 aliphatic carbocycles. The zero-order valence-corrected chi connectivity index (χ0v) is 14.7. The van der Waals surface area contributed by atoms with Crippen LogP contribution in [0.2, 0.25) is 0 Å². The van der Waals surface area contributed by atoms with E-state index in [1.165, 1.54) is 18.9 Å². The lowest BCUT2D eigenvalue weighted by atomic mass is 10.1. The van der Waals surface area contributed by atoms with Crippen molar-refractivity contribution in [3.63, 3.8) is 0 Å². The number of amides is 2. The van der Waals surface area contributed by atoms with Gasteiger partial charge in [0.15, 0.2) is 0 Å². The molecule has 0 atom stereocenters. The summed E-state index contributed by atoms with van der Waals surface area (Å²) in [6, 6.07) is 7.95. The Morgan fingerprint density at radius 3 is 2.48 bits per heavy atom. The first-order valence-corrected chi connectivity index (χ1v) is 8.91. The Hall–Kier alpha value is -2.56. The normalized spacial score (nSPS) is 15.6. The summed E-state index contributed by atoms with van der Waals surface area (Å²) in [4.78, 5) is 25.9. The molecule has 1 saturated heterocycles. The molecule has 0 unspecified atom stereocenters. The van der Waals surface area contributed by atoms with Gasteiger partial charge in [-0.05, 0) is 31.9 Å². The number of rotatable bonds is 4. The van der Waals surface area contributed by atoms with Gasteiger partial charge in [-0.2, -0.15) is 0 Å². The molecule has 25 heavy (non-hydrogen) atoms. The van der Waals surface area contributed by atoms with Crippen molar-refractivity contribution in [2.75, 3.05) is 13.1 Å². The van der Waals surface area contributed by atoms with E-state index in [0.29, 0.717) is 6.54 Å². The largest absolute Gasteiger partial charge is 0.366 e. The molecule has 2 amide bonds. The zero-order chi connectivity index (χ0) is 17.8. The highest BCUT2D eigenvalue weighted by atomic mass is 16.2.